The maximum Gasteiger partial charge on any atom is 0.280 e. The molecule has 0 saturated heterocycles. The summed E-state index contributed by atoms with van der Waals surface area (Å²) in [5.41, 5.74) is 2.81. The number of nitrogens with zero attached hydrogens (tertiary/aromatic N) is 1. The zero-order chi connectivity index (χ0) is 15.5. The van der Waals surface area contributed by atoms with Crippen LogP contribution in [0.4, 0.5) is 5.82 Å². The van der Waals surface area contributed by atoms with Crippen LogP contribution in [0.15, 0.2) is 34.9 Å². The Kier molecular flexibility index (Phi) is 4.24. The molecule has 1 aromatic heterocycles. The summed E-state index contributed by atoms with van der Waals surface area (Å²) in [4.78, 5) is 13.4. The molecule has 1 unspecified atom stereocenters. The maximum absolute atomic E-state index is 12.2. The van der Waals surface area contributed by atoms with E-state index in [0.29, 0.717) is 24.2 Å². The van der Waals surface area contributed by atoms with Crippen molar-refractivity contribution in [3.05, 3.63) is 47.2 Å². The number of hydrogen-bond acceptors (Lipinski definition) is 3. The predicted octanol–water partition coefficient (Wildman–Crippen LogP) is 1.51. The lowest BCUT2D eigenvalue weighted by Gasteiger charge is -2.30. The van der Waals surface area contributed by atoms with E-state index < -0.39 is 0 Å². The van der Waals surface area contributed by atoms with Crippen LogP contribution in [0, 0.1) is 6.92 Å². The Morgan fingerprint density at radius 3 is 3.05 bits per heavy atom. The molecule has 0 spiro atoms. The zero-order valence-electron chi connectivity index (χ0n) is 13.1. The number of fused-ring (bicyclic) bond motifs is 1. The molecule has 0 aliphatic heterocycles. The SMILES string of the molecule is Cc1cc(NC(=O)C[NH+](C)[C@H]2CCCc3ccccc32)no1. The number of amides is 1. The van der Waals surface area contributed by atoms with Crippen LogP contribution in [0.25, 0.3) is 0 Å². The standard InChI is InChI=1S/C17H21N3O2/c1-12-10-16(19-22-12)18-17(21)11-20(2)15-9-5-7-13-6-3-4-8-14(13)15/h3-4,6,8,10,15H,5,7,9,11H2,1-2H3,(H,18,19,21)/p+1/t15-/m0/s1. The molecule has 1 aromatic carbocycles. The van der Waals surface area contributed by atoms with Crippen molar-refractivity contribution in [2.24, 2.45) is 0 Å². The highest BCUT2D eigenvalue weighted by Crippen LogP contribution is 2.27. The lowest BCUT2D eigenvalue weighted by molar-refractivity contribution is -0.905. The Morgan fingerprint density at radius 2 is 2.27 bits per heavy atom. The van der Waals surface area contributed by atoms with Crippen molar-refractivity contribution >= 4 is 11.7 Å². The van der Waals surface area contributed by atoms with Crippen LogP contribution in [0.5, 0.6) is 0 Å². The van der Waals surface area contributed by atoms with Gasteiger partial charge in [-0.2, -0.15) is 0 Å². The number of benzene rings is 1. The molecule has 2 atom stereocenters. The first-order valence-corrected chi connectivity index (χ1v) is 7.77. The smallest absolute Gasteiger partial charge is 0.280 e. The summed E-state index contributed by atoms with van der Waals surface area (Å²) in [6, 6.07) is 10.7. The largest absolute Gasteiger partial charge is 0.360 e. The molecule has 3 rings (SSSR count). The second-order valence-corrected chi connectivity index (χ2v) is 6.04. The lowest BCUT2D eigenvalue weighted by atomic mass is 9.87. The summed E-state index contributed by atoms with van der Waals surface area (Å²) in [6.45, 7) is 2.23. The second-order valence-electron chi connectivity index (χ2n) is 6.04. The molecule has 2 N–H and O–H groups in total. The van der Waals surface area contributed by atoms with E-state index in [1.165, 1.54) is 22.4 Å². The summed E-state index contributed by atoms with van der Waals surface area (Å²) in [6.07, 6.45) is 3.45. The normalized spacial score (nSPS) is 18.5. The third kappa shape index (κ3) is 3.20. The van der Waals surface area contributed by atoms with E-state index in [-0.39, 0.29) is 5.91 Å². The van der Waals surface area contributed by atoms with Gasteiger partial charge in [0.1, 0.15) is 11.8 Å². The number of quaternary nitrogens is 1. The van der Waals surface area contributed by atoms with Gasteiger partial charge in [0.2, 0.25) is 0 Å². The summed E-state index contributed by atoms with van der Waals surface area (Å²) >= 11 is 0. The number of carbonyl (C=O) groups excluding carboxylic acids is 1. The molecule has 0 radical (unpaired) electrons. The van der Waals surface area contributed by atoms with E-state index in [4.69, 9.17) is 4.52 Å². The van der Waals surface area contributed by atoms with Crippen molar-refractivity contribution in [1.29, 1.82) is 0 Å². The van der Waals surface area contributed by atoms with Gasteiger partial charge in [-0.25, -0.2) is 0 Å². The quantitative estimate of drug-likeness (QED) is 0.900. The van der Waals surface area contributed by atoms with E-state index in [1.54, 1.807) is 13.0 Å². The number of likely N-dealkylation sites (N-methyl/N-ethyl adjacent to an activating group) is 1. The molecular weight excluding hydrogens is 278 g/mol. The average molecular weight is 300 g/mol. The fourth-order valence-electron chi connectivity index (χ4n) is 3.25. The van der Waals surface area contributed by atoms with Gasteiger partial charge in [-0.1, -0.05) is 29.4 Å². The second kappa shape index (κ2) is 6.32. The minimum atomic E-state index is -0.0335. The molecular formula is C17H22N3O2+. The first-order valence-electron chi connectivity index (χ1n) is 7.77. The van der Waals surface area contributed by atoms with E-state index in [2.05, 4.69) is 41.8 Å². The minimum absolute atomic E-state index is 0.0335. The Hall–Kier alpha value is -2.14. The number of hydrogen-bond donors (Lipinski definition) is 2. The van der Waals surface area contributed by atoms with Crippen LogP contribution in [0.2, 0.25) is 0 Å². The number of carbonyl (C=O) groups is 1. The first kappa shape index (κ1) is 14.8. The number of anilines is 1. The van der Waals surface area contributed by atoms with Gasteiger partial charge in [-0.15, -0.1) is 0 Å². The predicted molar refractivity (Wildman–Crippen MR) is 83.7 cm³/mol. The van der Waals surface area contributed by atoms with E-state index >= 15 is 0 Å². The number of rotatable bonds is 4. The van der Waals surface area contributed by atoms with Crippen molar-refractivity contribution < 1.29 is 14.2 Å². The van der Waals surface area contributed by atoms with Crippen molar-refractivity contribution in [2.45, 2.75) is 32.2 Å². The Labute approximate surface area is 130 Å². The van der Waals surface area contributed by atoms with Crippen molar-refractivity contribution in [3.63, 3.8) is 0 Å². The molecule has 5 heteroatoms. The van der Waals surface area contributed by atoms with Crippen molar-refractivity contribution in [3.8, 4) is 0 Å². The summed E-state index contributed by atoms with van der Waals surface area (Å²) in [7, 11) is 2.08. The van der Waals surface area contributed by atoms with Gasteiger partial charge in [0, 0.05) is 18.1 Å². The molecule has 1 aliphatic rings. The van der Waals surface area contributed by atoms with Gasteiger partial charge in [0.15, 0.2) is 12.4 Å². The molecule has 1 heterocycles. The Balaban J connectivity index is 1.65. The van der Waals surface area contributed by atoms with Gasteiger partial charge >= 0.3 is 0 Å². The molecule has 0 saturated carbocycles. The van der Waals surface area contributed by atoms with Gasteiger partial charge in [-0.05, 0) is 25.3 Å². The summed E-state index contributed by atoms with van der Waals surface area (Å²) in [5, 5.41) is 6.59. The highest BCUT2D eigenvalue weighted by atomic mass is 16.5. The first-order chi connectivity index (χ1) is 10.6. The highest BCUT2D eigenvalue weighted by Gasteiger charge is 2.28. The number of nitrogens with one attached hydrogen (secondary N) is 2. The molecule has 0 fully saturated rings. The topological polar surface area (TPSA) is 59.6 Å². The van der Waals surface area contributed by atoms with Gasteiger partial charge < -0.3 is 14.7 Å². The van der Waals surface area contributed by atoms with Crippen LogP contribution < -0.4 is 10.2 Å². The number of aromatic nitrogens is 1. The monoisotopic (exact) mass is 300 g/mol. The average Bonchev–Trinajstić information content (AvgIpc) is 2.91. The molecule has 1 amide bonds. The minimum Gasteiger partial charge on any atom is -0.360 e. The molecule has 22 heavy (non-hydrogen) atoms. The number of aryl methyl sites for hydroxylation is 2. The third-order valence-corrected chi connectivity index (χ3v) is 4.30. The van der Waals surface area contributed by atoms with Crippen molar-refractivity contribution in [2.75, 3.05) is 18.9 Å². The van der Waals surface area contributed by atoms with Crippen LogP contribution in [0.1, 0.15) is 35.8 Å². The third-order valence-electron chi connectivity index (χ3n) is 4.30. The zero-order valence-corrected chi connectivity index (χ0v) is 13.1. The van der Waals surface area contributed by atoms with E-state index in [9.17, 15) is 4.79 Å². The van der Waals surface area contributed by atoms with Crippen LogP contribution in [-0.4, -0.2) is 24.7 Å². The molecule has 1 aliphatic carbocycles. The molecule has 116 valence electrons. The van der Waals surface area contributed by atoms with Crippen LogP contribution >= 0.6 is 0 Å². The van der Waals surface area contributed by atoms with E-state index in [0.717, 1.165) is 12.8 Å². The fourth-order valence-corrected chi connectivity index (χ4v) is 3.25. The Morgan fingerprint density at radius 1 is 1.45 bits per heavy atom. The van der Waals surface area contributed by atoms with Crippen molar-refractivity contribution in [1.82, 2.24) is 5.16 Å². The molecule has 5 nitrogen and oxygen atoms in total. The molecule has 2 aromatic rings. The summed E-state index contributed by atoms with van der Waals surface area (Å²) in [5.74, 6) is 1.14. The van der Waals surface area contributed by atoms with Gasteiger partial charge in [0.25, 0.3) is 5.91 Å². The molecule has 0 bridgehead atoms. The summed E-state index contributed by atoms with van der Waals surface area (Å²) < 4.78 is 4.96. The highest BCUT2D eigenvalue weighted by molar-refractivity contribution is 5.90. The van der Waals surface area contributed by atoms with Gasteiger partial charge in [-0.3, -0.25) is 4.79 Å². The fraction of sp³-hybridized carbons (Fsp3) is 0.412. The Bertz CT molecular complexity index is 665. The van der Waals surface area contributed by atoms with Crippen LogP contribution in [0.3, 0.4) is 0 Å². The maximum atomic E-state index is 12.2. The van der Waals surface area contributed by atoms with Gasteiger partial charge in [0.05, 0.1) is 7.05 Å². The van der Waals surface area contributed by atoms with Crippen LogP contribution in [-0.2, 0) is 11.2 Å². The lowest BCUT2D eigenvalue weighted by Crippen LogP contribution is -3.10. The van der Waals surface area contributed by atoms with E-state index in [1.807, 2.05) is 0 Å².